The zero-order valence-corrected chi connectivity index (χ0v) is 10.9. The summed E-state index contributed by atoms with van der Waals surface area (Å²) in [6, 6.07) is 7.46. The molecule has 0 bridgehead atoms. The SMILES string of the molecule is CC[C@@H](C)N(C)C(=O)Nc1ccccc1OC. The van der Waals surface area contributed by atoms with E-state index in [2.05, 4.69) is 12.2 Å². The van der Waals surface area contributed by atoms with Crippen molar-refractivity contribution in [3.63, 3.8) is 0 Å². The van der Waals surface area contributed by atoms with E-state index in [1.165, 1.54) is 0 Å². The summed E-state index contributed by atoms with van der Waals surface area (Å²) in [5.74, 6) is 0.665. The number of anilines is 1. The summed E-state index contributed by atoms with van der Waals surface area (Å²) in [5.41, 5.74) is 0.690. The molecule has 0 aliphatic carbocycles. The third-order valence-corrected chi connectivity index (χ3v) is 2.92. The van der Waals surface area contributed by atoms with E-state index in [4.69, 9.17) is 4.74 Å². The van der Waals surface area contributed by atoms with Gasteiger partial charge >= 0.3 is 6.03 Å². The first-order valence-corrected chi connectivity index (χ1v) is 5.77. The van der Waals surface area contributed by atoms with Gasteiger partial charge in [-0.1, -0.05) is 19.1 Å². The molecule has 4 nitrogen and oxygen atoms in total. The molecule has 4 heteroatoms. The number of carbonyl (C=O) groups excluding carboxylic acids is 1. The molecule has 1 aromatic rings. The maximum Gasteiger partial charge on any atom is 0.321 e. The fourth-order valence-electron chi connectivity index (χ4n) is 1.43. The van der Waals surface area contributed by atoms with Crippen LogP contribution in [0.5, 0.6) is 5.75 Å². The minimum absolute atomic E-state index is 0.121. The maximum absolute atomic E-state index is 11.9. The molecule has 94 valence electrons. The number of rotatable bonds is 4. The van der Waals surface area contributed by atoms with Gasteiger partial charge in [0, 0.05) is 13.1 Å². The largest absolute Gasteiger partial charge is 0.495 e. The maximum atomic E-state index is 11.9. The molecule has 0 unspecified atom stereocenters. The second-order valence-corrected chi connectivity index (χ2v) is 4.00. The Morgan fingerprint density at radius 1 is 1.47 bits per heavy atom. The van der Waals surface area contributed by atoms with E-state index in [9.17, 15) is 4.79 Å². The third-order valence-electron chi connectivity index (χ3n) is 2.92. The lowest BCUT2D eigenvalue weighted by atomic mass is 10.2. The first-order valence-electron chi connectivity index (χ1n) is 5.77. The Labute approximate surface area is 103 Å². The highest BCUT2D eigenvalue weighted by Gasteiger charge is 2.15. The van der Waals surface area contributed by atoms with Crippen LogP contribution >= 0.6 is 0 Å². The van der Waals surface area contributed by atoms with Crippen LogP contribution in [0.1, 0.15) is 20.3 Å². The molecular formula is C13H20N2O2. The summed E-state index contributed by atoms with van der Waals surface area (Å²) in [4.78, 5) is 13.6. The van der Waals surface area contributed by atoms with E-state index in [1.807, 2.05) is 31.2 Å². The van der Waals surface area contributed by atoms with Crippen LogP contribution in [0.15, 0.2) is 24.3 Å². The monoisotopic (exact) mass is 236 g/mol. The van der Waals surface area contributed by atoms with Gasteiger partial charge in [0.25, 0.3) is 0 Å². The predicted octanol–water partition coefficient (Wildman–Crippen LogP) is 2.96. The van der Waals surface area contributed by atoms with E-state index in [-0.39, 0.29) is 12.1 Å². The topological polar surface area (TPSA) is 41.6 Å². The summed E-state index contributed by atoms with van der Waals surface area (Å²) >= 11 is 0. The van der Waals surface area contributed by atoms with Crippen LogP contribution in [-0.2, 0) is 0 Å². The van der Waals surface area contributed by atoms with E-state index in [0.29, 0.717) is 11.4 Å². The Bertz CT molecular complexity index is 379. The van der Waals surface area contributed by atoms with Crippen molar-refractivity contribution in [3.8, 4) is 5.75 Å². The summed E-state index contributed by atoms with van der Waals surface area (Å²) in [6.07, 6.45) is 0.926. The van der Waals surface area contributed by atoms with Gasteiger partial charge < -0.3 is 15.0 Å². The minimum atomic E-state index is -0.121. The average molecular weight is 236 g/mol. The van der Waals surface area contributed by atoms with Crippen LogP contribution in [0.25, 0.3) is 0 Å². The molecular weight excluding hydrogens is 216 g/mol. The highest BCUT2D eigenvalue weighted by atomic mass is 16.5. The number of urea groups is 1. The van der Waals surface area contributed by atoms with Gasteiger partial charge in [0.1, 0.15) is 5.75 Å². The van der Waals surface area contributed by atoms with Crippen molar-refractivity contribution in [2.75, 3.05) is 19.5 Å². The number of hydrogen-bond donors (Lipinski definition) is 1. The molecule has 0 radical (unpaired) electrons. The van der Waals surface area contributed by atoms with Gasteiger partial charge in [-0.25, -0.2) is 4.79 Å². The number of hydrogen-bond acceptors (Lipinski definition) is 2. The summed E-state index contributed by atoms with van der Waals surface area (Å²) in [6.45, 7) is 4.07. The lowest BCUT2D eigenvalue weighted by molar-refractivity contribution is 0.206. The molecule has 0 heterocycles. The predicted molar refractivity (Wildman–Crippen MR) is 69.5 cm³/mol. The number of para-hydroxylation sites is 2. The molecule has 1 atom stereocenters. The van der Waals surface area contributed by atoms with Crippen LogP contribution in [0.4, 0.5) is 10.5 Å². The number of amides is 2. The first kappa shape index (κ1) is 13.4. The molecule has 0 spiro atoms. The zero-order valence-electron chi connectivity index (χ0n) is 10.9. The van der Waals surface area contributed by atoms with Crippen molar-refractivity contribution in [2.45, 2.75) is 26.3 Å². The Balaban J connectivity index is 2.74. The molecule has 0 saturated heterocycles. The van der Waals surface area contributed by atoms with E-state index in [1.54, 1.807) is 19.1 Å². The standard InChI is InChI=1S/C13H20N2O2/c1-5-10(2)15(3)13(16)14-11-8-6-7-9-12(11)17-4/h6-10H,5H2,1-4H3,(H,14,16)/t10-/m1/s1. The van der Waals surface area contributed by atoms with Crippen LogP contribution < -0.4 is 10.1 Å². The lowest BCUT2D eigenvalue weighted by Gasteiger charge is -2.24. The number of nitrogens with one attached hydrogen (secondary N) is 1. The molecule has 0 fully saturated rings. The van der Waals surface area contributed by atoms with Crippen LogP contribution in [-0.4, -0.2) is 31.1 Å². The number of ether oxygens (including phenoxy) is 1. The van der Waals surface area contributed by atoms with Gasteiger partial charge in [0.2, 0.25) is 0 Å². The van der Waals surface area contributed by atoms with Crippen LogP contribution in [0.2, 0.25) is 0 Å². The first-order chi connectivity index (χ1) is 8.10. The van der Waals surface area contributed by atoms with Crippen molar-refractivity contribution < 1.29 is 9.53 Å². The fraction of sp³-hybridized carbons (Fsp3) is 0.462. The summed E-state index contributed by atoms with van der Waals surface area (Å²) in [5, 5.41) is 2.84. The Morgan fingerprint density at radius 2 is 2.12 bits per heavy atom. The van der Waals surface area contributed by atoms with Gasteiger partial charge in [-0.05, 0) is 25.5 Å². The summed E-state index contributed by atoms with van der Waals surface area (Å²) in [7, 11) is 3.38. The number of methoxy groups -OCH3 is 1. The lowest BCUT2D eigenvalue weighted by Crippen LogP contribution is -2.37. The molecule has 1 rings (SSSR count). The number of carbonyl (C=O) groups is 1. The van der Waals surface area contributed by atoms with Gasteiger partial charge in [0.15, 0.2) is 0 Å². The molecule has 0 aliphatic rings. The van der Waals surface area contributed by atoms with Crippen molar-refractivity contribution in [1.82, 2.24) is 4.90 Å². The minimum Gasteiger partial charge on any atom is -0.495 e. The number of nitrogens with zero attached hydrogens (tertiary/aromatic N) is 1. The normalized spacial score (nSPS) is 11.8. The van der Waals surface area contributed by atoms with Crippen molar-refractivity contribution in [1.29, 1.82) is 0 Å². The van der Waals surface area contributed by atoms with Crippen molar-refractivity contribution in [2.24, 2.45) is 0 Å². The van der Waals surface area contributed by atoms with Gasteiger partial charge in [-0.2, -0.15) is 0 Å². The second-order valence-electron chi connectivity index (χ2n) is 4.00. The highest BCUT2D eigenvalue weighted by molar-refractivity contribution is 5.90. The van der Waals surface area contributed by atoms with Gasteiger partial charge in [-0.15, -0.1) is 0 Å². The van der Waals surface area contributed by atoms with Crippen LogP contribution in [0.3, 0.4) is 0 Å². The Kier molecular flexibility index (Phi) is 4.82. The molecule has 2 amide bonds. The van der Waals surface area contributed by atoms with Gasteiger partial charge in [0.05, 0.1) is 12.8 Å². The smallest absolute Gasteiger partial charge is 0.321 e. The highest BCUT2D eigenvalue weighted by Crippen LogP contribution is 2.23. The zero-order chi connectivity index (χ0) is 12.8. The van der Waals surface area contributed by atoms with E-state index in [0.717, 1.165) is 6.42 Å². The third kappa shape index (κ3) is 3.37. The molecule has 0 aromatic heterocycles. The Hall–Kier alpha value is -1.71. The van der Waals surface area contributed by atoms with Gasteiger partial charge in [-0.3, -0.25) is 0 Å². The van der Waals surface area contributed by atoms with Crippen LogP contribution in [0, 0.1) is 0 Å². The molecule has 1 aromatic carbocycles. The quantitative estimate of drug-likeness (QED) is 0.873. The molecule has 0 aliphatic heterocycles. The summed E-state index contributed by atoms with van der Waals surface area (Å²) < 4.78 is 5.18. The molecule has 1 N–H and O–H groups in total. The fourth-order valence-corrected chi connectivity index (χ4v) is 1.43. The number of benzene rings is 1. The Morgan fingerprint density at radius 3 is 2.71 bits per heavy atom. The second kappa shape index (κ2) is 6.13. The molecule has 17 heavy (non-hydrogen) atoms. The molecule has 0 saturated carbocycles. The van der Waals surface area contributed by atoms with Crippen molar-refractivity contribution >= 4 is 11.7 Å². The average Bonchev–Trinajstić information content (AvgIpc) is 2.37. The van der Waals surface area contributed by atoms with E-state index >= 15 is 0 Å². The van der Waals surface area contributed by atoms with Crippen molar-refractivity contribution in [3.05, 3.63) is 24.3 Å². The van der Waals surface area contributed by atoms with E-state index < -0.39 is 0 Å².